The Balaban J connectivity index is 1.45. The zero-order valence-corrected chi connectivity index (χ0v) is 22.8. The fourth-order valence-corrected chi connectivity index (χ4v) is 4.83. The highest BCUT2D eigenvalue weighted by Gasteiger charge is 2.22. The fourth-order valence-electron chi connectivity index (χ4n) is 4.83. The molecular weight excluding hydrogens is 526 g/mol. The van der Waals surface area contributed by atoms with E-state index in [-0.39, 0.29) is 6.10 Å². The first-order valence-corrected chi connectivity index (χ1v) is 13.4. The molecule has 1 atom stereocenters. The molecule has 3 N–H and O–H groups in total. The van der Waals surface area contributed by atoms with Crippen LogP contribution in [0.2, 0.25) is 0 Å². The van der Waals surface area contributed by atoms with Crippen molar-refractivity contribution in [3.05, 3.63) is 65.9 Å². The van der Waals surface area contributed by atoms with Crippen LogP contribution in [0.1, 0.15) is 42.1 Å². The van der Waals surface area contributed by atoms with Crippen LogP contribution in [-0.2, 0) is 4.74 Å². The van der Waals surface area contributed by atoms with Gasteiger partial charge in [0, 0.05) is 36.2 Å². The Labute approximate surface area is 237 Å². The Bertz CT molecular complexity index is 1580. The molecule has 0 radical (unpaired) electrons. The molecule has 212 valence electrons. The molecule has 1 aliphatic heterocycles. The molecule has 0 spiro atoms. The van der Waals surface area contributed by atoms with E-state index >= 15 is 0 Å². The van der Waals surface area contributed by atoms with Crippen LogP contribution in [0, 0.1) is 11.3 Å². The van der Waals surface area contributed by atoms with E-state index < -0.39 is 18.2 Å². The third-order valence-corrected chi connectivity index (χ3v) is 7.13. The molecular formula is C31H31N3O7. The summed E-state index contributed by atoms with van der Waals surface area (Å²) in [7, 11) is 1.49. The number of nitrogens with zero attached hydrogens (tertiary/aromatic N) is 2. The minimum absolute atomic E-state index is 0.0174. The monoisotopic (exact) mass is 557 g/mol. The van der Waals surface area contributed by atoms with Gasteiger partial charge in [-0.2, -0.15) is 5.26 Å². The topological polar surface area (TPSA) is 147 Å². The van der Waals surface area contributed by atoms with Gasteiger partial charge in [-0.05, 0) is 48.4 Å². The number of benzene rings is 2. The Morgan fingerprint density at radius 2 is 1.93 bits per heavy atom. The summed E-state index contributed by atoms with van der Waals surface area (Å²) < 4.78 is 23.4. The number of nitrogens with one attached hydrogen (secondary N) is 1. The molecule has 2 aromatic heterocycles. The lowest BCUT2D eigenvalue weighted by Gasteiger charge is -2.23. The van der Waals surface area contributed by atoms with Crippen molar-refractivity contribution in [3.63, 3.8) is 0 Å². The molecule has 10 heteroatoms. The number of carbonyl (C=O) groups is 1. The lowest BCUT2D eigenvalue weighted by molar-refractivity contribution is -0.0656. The quantitative estimate of drug-likeness (QED) is 0.254. The van der Waals surface area contributed by atoms with Gasteiger partial charge in [-0.3, -0.25) is 9.78 Å². The number of hydrogen-bond donors (Lipinski definition) is 3. The number of furan rings is 1. The Kier molecular flexibility index (Phi) is 8.50. The lowest BCUT2D eigenvalue weighted by Crippen LogP contribution is -2.42. The zero-order chi connectivity index (χ0) is 28.9. The summed E-state index contributed by atoms with van der Waals surface area (Å²) in [6.45, 7) is 3.04. The number of ether oxygens (including phenoxy) is 3. The maximum absolute atomic E-state index is 12.7. The van der Waals surface area contributed by atoms with E-state index in [9.17, 15) is 20.3 Å². The SMILES string of the molecule is CCC(NC(=O)c1ccc(-c2cc3nccc(-c4ccc(OC5CCOCC5)c(C#N)c4)c3o2)c(OC)c1)C(O)O. The van der Waals surface area contributed by atoms with Crippen LogP contribution in [0.25, 0.3) is 33.6 Å². The van der Waals surface area contributed by atoms with Crippen LogP contribution < -0.4 is 14.8 Å². The number of pyridine rings is 1. The van der Waals surface area contributed by atoms with Crippen molar-refractivity contribution in [2.75, 3.05) is 20.3 Å². The molecule has 1 fully saturated rings. The number of methoxy groups -OCH3 is 1. The van der Waals surface area contributed by atoms with E-state index in [2.05, 4.69) is 16.4 Å². The normalized spacial score (nSPS) is 14.5. The summed E-state index contributed by atoms with van der Waals surface area (Å²) in [6, 6.07) is 15.4. The largest absolute Gasteiger partial charge is 0.496 e. The summed E-state index contributed by atoms with van der Waals surface area (Å²) in [5.74, 6) is 0.972. The fraction of sp³-hybridized carbons (Fsp3) is 0.323. The van der Waals surface area contributed by atoms with Crippen LogP contribution in [-0.4, -0.2) is 59.9 Å². The first-order valence-electron chi connectivity index (χ1n) is 13.4. The molecule has 41 heavy (non-hydrogen) atoms. The van der Waals surface area contributed by atoms with Gasteiger partial charge in [0.15, 0.2) is 11.9 Å². The second kappa shape index (κ2) is 12.4. The first-order chi connectivity index (χ1) is 19.9. The smallest absolute Gasteiger partial charge is 0.251 e. The van der Waals surface area contributed by atoms with Gasteiger partial charge in [0.2, 0.25) is 0 Å². The van der Waals surface area contributed by atoms with E-state index in [4.69, 9.17) is 18.6 Å². The van der Waals surface area contributed by atoms with Crippen LogP contribution in [0.3, 0.4) is 0 Å². The number of nitriles is 1. The molecule has 1 unspecified atom stereocenters. The minimum Gasteiger partial charge on any atom is -0.496 e. The van der Waals surface area contributed by atoms with Gasteiger partial charge in [-0.25, -0.2) is 0 Å². The van der Waals surface area contributed by atoms with Gasteiger partial charge in [0.25, 0.3) is 5.91 Å². The second-order valence-corrected chi connectivity index (χ2v) is 9.75. The Hall–Kier alpha value is -4.43. The molecule has 0 bridgehead atoms. The van der Waals surface area contributed by atoms with Crippen molar-refractivity contribution in [2.45, 2.75) is 44.6 Å². The number of carbonyl (C=O) groups excluding carboxylic acids is 1. The van der Waals surface area contributed by atoms with E-state index in [0.717, 1.165) is 24.0 Å². The number of hydrogen-bond acceptors (Lipinski definition) is 9. The average Bonchev–Trinajstić information content (AvgIpc) is 3.44. The maximum atomic E-state index is 12.7. The van der Waals surface area contributed by atoms with Gasteiger partial charge in [0.1, 0.15) is 34.9 Å². The van der Waals surface area contributed by atoms with Crippen LogP contribution in [0.4, 0.5) is 0 Å². The summed E-state index contributed by atoms with van der Waals surface area (Å²) >= 11 is 0. The molecule has 1 saturated heterocycles. The molecule has 0 saturated carbocycles. The standard InChI is InChI=1S/C31H31N3O7/c1-3-24(31(36)37)34-30(35)19-4-6-23(27(15-19)38-2)28-16-25-29(41-28)22(8-11-33-25)18-5-7-26(20(14-18)17-32)40-21-9-12-39-13-10-21/h4-8,11,14-16,21,24,31,36-37H,3,9-10,12-13H2,1-2H3,(H,34,35). The van der Waals surface area contributed by atoms with Crippen molar-refractivity contribution in [1.29, 1.82) is 5.26 Å². The molecule has 10 nitrogen and oxygen atoms in total. The van der Waals surface area contributed by atoms with Gasteiger partial charge in [0.05, 0.1) is 37.5 Å². The van der Waals surface area contributed by atoms with Crippen molar-refractivity contribution < 1.29 is 33.6 Å². The molecule has 4 aromatic rings. The van der Waals surface area contributed by atoms with Gasteiger partial charge < -0.3 is 34.2 Å². The van der Waals surface area contributed by atoms with Crippen molar-refractivity contribution >= 4 is 17.0 Å². The summed E-state index contributed by atoms with van der Waals surface area (Å²) in [5.41, 5.74) is 4.04. The van der Waals surface area contributed by atoms with E-state index in [1.54, 1.807) is 43.5 Å². The number of rotatable bonds is 9. The third kappa shape index (κ3) is 6.02. The second-order valence-electron chi connectivity index (χ2n) is 9.75. The van der Waals surface area contributed by atoms with Crippen molar-refractivity contribution in [2.24, 2.45) is 0 Å². The van der Waals surface area contributed by atoms with Gasteiger partial charge in [-0.15, -0.1) is 0 Å². The number of aliphatic hydroxyl groups excluding tert-OH is 1. The molecule has 3 heterocycles. The number of aliphatic hydroxyl groups is 2. The van der Waals surface area contributed by atoms with E-state index in [0.29, 0.717) is 64.7 Å². The van der Waals surface area contributed by atoms with Gasteiger partial charge in [-0.1, -0.05) is 13.0 Å². The number of fused-ring (bicyclic) bond motifs is 1. The van der Waals surface area contributed by atoms with Crippen LogP contribution in [0.15, 0.2) is 59.1 Å². The predicted molar refractivity (Wildman–Crippen MR) is 150 cm³/mol. The molecule has 1 amide bonds. The van der Waals surface area contributed by atoms with Gasteiger partial charge >= 0.3 is 0 Å². The summed E-state index contributed by atoms with van der Waals surface area (Å²) in [5, 5.41) is 31.4. The zero-order valence-electron chi connectivity index (χ0n) is 22.8. The molecule has 5 rings (SSSR count). The Morgan fingerprint density at radius 1 is 1.12 bits per heavy atom. The molecule has 1 aliphatic rings. The maximum Gasteiger partial charge on any atom is 0.251 e. The lowest BCUT2D eigenvalue weighted by atomic mass is 10.0. The highest BCUT2D eigenvalue weighted by atomic mass is 16.5. The summed E-state index contributed by atoms with van der Waals surface area (Å²) in [6.07, 6.45) is 1.96. The van der Waals surface area contributed by atoms with Crippen LogP contribution in [0.5, 0.6) is 11.5 Å². The van der Waals surface area contributed by atoms with Crippen molar-refractivity contribution in [1.82, 2.24) is 10.3 Å². The third-order valence-electron chi connectivity index (χ3n) is 7.13. The Morgan fingerprint density at radius 3 is 2.63 bits per heavy atom. The summed E-state index contributed by atoms with van der Waals surface area (Å²) in [4.78, 5) is 17.2. The minimum atomic E-state index is -1.66. The number of aromatic nitrogens is 1. The first kappa shape index (κ1) is 28.1. The molecule has 0 aliphatic carbocycles. The van der Waals surface area contributed by atoms with E-state index in [1.165, 1.54) is 7.11 Å². The predicted octanol–water partition coefficient (Wildman–Crippen LogP) is 4.42. The van der Waals surface area contributed by atoms with E-state index in [1.807, 2.05) is 18.2 Å². The average molecular weight is 558 g/mol. The van der Waals surface area contributed by atoms with Crippen LogP contribution >= 0.6 is 0 Å². The molecule has 2 aromatic carbocycles. The highest BCUT2D eigenvalue weighted by molar-refractivity contribution is 5.97. The van der Waals surface area contributed by atoms with Crippen molar-refractivity contribution in [3.8, 4) is 40.0 Å². The number of amides is 1. The highest BCUT2D eigenvalue weighted by Crippen LogP contribution is 2.38.